The maximum Gasteiger partial charge on any atom is 0.0475 e. The molecule has 0 atom stereocenters. The maximum absolute atomic E-state index is 5.99. The summed E-state index contributed by atoms with van der Waals surface area (Å²) in [7, 11) is 0. The molecule has 1 spiro atoms. The van der Waals surface area contributed by atoms with Gasteiger partial charge in [0.25, 0.3) is 0 Å². The van der Waals surface area contributed by atoms with Crippen LogP contribution in [0.2, 0.25) is 5.02 Å². The molecule has 3 rings (SSSR count). The molecule has 0 aromatic heterocycles. The summed E-state index contributed by atoms with van der Waals surface area (Å²) in [5.41, 5.74) is 2.94. The second-order valence-corrected chi connectivity index (χ2v) is 4.87. The van der Waals surface area contributed by atoms with Gasteiger partial charge in [0.05, 0.1) is 0 Å². The molecule has 0 bridgehead atoms. The summed E-state index contributed by atoms with van der Waals surface area (Å²) in [6.07, 6.45) is 2.24. The summed E-state index contributed by atoms with van der Waals surface area (Å²) in [6.45, 7) is 2.79. The Hall–Kier alpha value is -0.440. The monoisotopic (exact) mass is 259 g/mol. The molecule has 0 unspecified atom stereocenters. The van der Waals surface area contributed by atoms with Gasteiger partial charge in [0.15, 0.2) is 0 Å². The third-order valence-electron chi connectivity index (χ3n) is 3.62. The summed E-state index contributed by atoms with van der Waals surface area (Å²) >= 11 is 5.99. The molecule has 2 heterocycles. The molecule has 1 aromatic carbocycles. The van der Waals surface area contributed by atoms with Gasteiger partial charge in [-0.15, -0.1) is 12.4 Å². The summed E-state index contributed by atoms with van der Waals surface area (Å²) < 4.78 is 5.44. The van der Waals surface area contributed by atoms with E-state index in [0.717, 1.165) is 37.6 Å². The first-order valence-electron chi connectivity index (χ1n) is 5.42. The standard InChI is InChI=1S/C12H14ClNO.ClH/c13-9-1-2-10-11(7-9)14-8-12(10)3-5-15-6-4-12;/h1-2,7,14H,3-6,8H2;1H. The Bertz CT molecular complexity index is 389. The highest BCUT2D eigenvalue weighted by Crippen LogP contribution is 2.44. The number of halogens is 2. The van der Waals surface area contributed by atoms with Crippen molar-refractivity contribution in [1.82, 2.24) is 0 Å². The van der Waals surface area contributed by atoms with E-state index in [-0.39, 0.29) is 12.4 Å². The minimum Gasteiger partial charge on any atom is -0.384 e. The van der Waals surface area contributed by atoms with Gasteiger partial charge >= 0.3 is 0 Å². The highest BCUT2D eigenvalue weighted by Gasteiger charge is 2.39. The highest BCUT2D eigenvalue weighted by molar-refractivity contribution is 6.30. The quantitative estimate of drug-likeness (QED) is 0.773. The first-order valence-corrected chi connectivity index (χ1v) is 5.80. The van der Waals surface area contributed by atoms with Crippen molar-refractivity contribution in [1.29, 1.82) is 0 Å². The molecular weight excluding hydrogens is 245 g/mol. The van der Waals surface area contributed by atoms with E-state index in [4.69, 9.17) is 16.3 Å². The largest absolute Gasteiger partial charge is 0.384 e. The lowest BCUT2D eigenvalue weighted by atomic mass is 9.76. The van der Waals surface area contributed by atoms with E-state index in [1.165, 1.54) is 11.3 Å². The van der Waals surface area contributed by atoms with Gasteiger partial charge in [-0.3, -0.25) is 0 Å². The van der Waals surface area contributed by atoms with E-state index in [0.29, 0.717) is 5.41 Å². The van der Waals surface area contributed by atoms with Crippen molar-refractivity contribution >= 4 is 29.7 Å². The fourth-order valence-electron chi connectivity index (χ4n) is 2.69. The van der Waals surface area contributed by atoms with Crippen molar-refractivity contribution in [2.45, 2.75) is 18.3 Å². The van der Waals surface area contributed by atoms with Gasteiger partial charge in [0, 0.05) is 35.9 Å². The van der Waals surface area contributed by atoms with E-state index < -0.39 is 0 Å². The van der Waals surface area contributed by atoms with Crippen LogP contribution in [0.3, 0.4) is 0 Å². The molecular formula is C12H15Cl2NO. The van der Waals surface area contributed by atoms with Crippen LogP contribution in [0.5, 0.6) is 0 Å². The Morgan fingerprint density at radius 2 is 2.00 bits per heavy atom. The Morgan fingerprint density at radius 3 is 2.75 bits per heavy atom. The summed E-state index contributed by atoms with van der Waals surface area (Å²) in [4.78, 5) is 0. The van der Waals surface area contributed by atoms with Crippen molar-refractivity contribution in [3.05, 3.63) is 28.8 Å². The second kappa shape index (κ2) is 4.44. The number of benzene rings is 1. The molecule has 4 heteroatoms. The smallest absolute Gasteiger partial charge is 0.0475 e. The molecule has 88 valence electrons. The van der Waals surface area contributed by atoms with Gasteiger partial charge in [-0.2, -0.15) is 0 Å². The van der Waals surface area contributed by atoms with E-state index in [1.807, 2.05) is 12.1 Å². The van der Waals surface area contributed by atoms with Crippen LogP contribution >= 0.6 is 24.0 Å². The fraction of sp³-hybridized carbons (Fsp3) is 0.500. The lowest BCUT2D eigenvalue weighted by Gasteiger charge is -2.33. The molecule has 0 saturated carbocycles. The number of ether oxygens (including phenoxy) is 1. The topological polar surface area (TPSA) is 21.3 Å². The average molecular weight is 260 g/mol. The Labute approximate surface area is 107 Å². The van der Waals surface area contributed by atoms with Crippen LogP contribution in [-0.4, -0.2) is 19.8 Å². The number of rotatable bonds is 0. The summed E-state index contributed by atoms with van der Waals surface area (Å²) in [5, 5.41) is 4.27. The van der Waals surface area contributed by atoms with Gasteiger partial charge < -0.3 is 10.1 Å². The third-order valence-corrected chi connectivity index (χ3v) is 3.86. The van der Waals surface area contributed by atoms with Crippen molar-refractivity contribution in [3.8, 4) is 0 Å². The molecule has 2 aliphatic heterocycles. The summed E-state index contributed by atoms with van der Waals surface area (Å²) in [6, 6.07) is 6.19. The minimum absolute atomic E-state index is 0. The number of fused-ring (bicyclic) bond motifs is 2. The van der Waals surface area contributed by atoms with Gasteiger partial charge in [-0.05, 0) is 30.5 Å². The zero-order valence-corrected chi connectivity index (χ0v) is 10.5. The van der Waals surface area contributed by atoms with Gasteiger partial charge in [-0.1, -0.05) is 17.7 Å². The Morgan fingerprint density at radius 1 is 1.25 bits per heavy atom. The predicted molar refractivity (Wildman–Crippen MR) is 68.9 cm³/mol. The molecule has 0 radical (unpaired) electrons. The van der Waals surface area contributed by atoms with Crippen LogP contribution in [0.4, 0.5) is 5.69 Å². The average Bonchev–Trinajstić information content (AvgIpc) is 2.58. The van der Waals surface area contributed by atoms with E-state index in [1.54, 1.807) is 0 Å². The molecule has 2 nitrogen and oxygen atoms in total. The number of nitrogens with one attached hydrogen (secondary N) is 1. The fourth-order valence-corrected chi connectivity index (χ4v) is 2.87. The second-order valence-electron chi connectivity index (χ2n) is 4.44. The Balaban J connectivity index is 0.000000963. The normalized spacial score (nSPS) is 21.1. The first kappa shape index (κ1) is 12.0. The SMILES string of the molecule is Cl.Clc1ccc2c(c1)NCC21CCOCC1. The van der Waals surface area contributed by atoms with Crippen molar-refractivity contribution in [3.63, 3.8) is 0 Å². The maximum atomic E-state index is 5.99. The van der Waals surface area contributed by atoms with Gasteiger partial charge in [-0.25, -0.2) is 0 Å². The highest BCUT2D eigenvalue weighted by atomic mass is 35.5. The van der Waals surface area contributed by atoms with Gasteiger partial charge in [0.1, 0.15) is 0 Å². The molecule has 1 saturated heterocycles. The molecule has 1 fully saturated rings. The summed E-state index contributed by atoms with van der Waals surface area (Å²) in [5.74, 6) is 0. The van der Waals surface area contributed by atoms with E-state index in [9.17, 15) is 0 Å². The number of hydrogen-bond donors (Lipinski definition) is 1. The van der Waals surface area contributed by atoms with E-state index in [2.05, 4.69) is 11.4 Å². The zero-order valence-electron chi connectivity index (χ0n) is 8.96. The van der Waals surface area contributed by atoms with Crippen LogP contribution in [0.25, 0.3) is 0 Å². The zero-order chi connectivity index (χ0) is 10.3. The minimum atomic E-state index is 0. The van der Waals surface area contributed by atoms with Crippen LogP contribution in [0.1, 0.15) is 18.4 Å². The van der Waals surface area contributed by atoms with E-state index >= 15 is 0 Å². The molecule has 1 aromatic rings. The van der Waals surface area contributed by atoms with Crippen LogP contribution in [0, 0.1) is 0 Å². The van der Waals surface area contributed by atoms with Crippen LogP contribution in [-0.2, 0) is 10.2 Å². The lowest BCUT2D eigenvalue weighted by molar-refractivity contribution is 0.0567. The molecule has 0 aliphatic carbocycles. The predicted octanol–water partition coefficient (Wildman–Crippen LogP) is 3.24. The number of hydrogen-bond acceptors (Lipinski definition) is 2. The number of anilines is 1. The van der Waals surface area contributed by atoms with Crippen molar-refractivity contribution in [2.75, 3.05) is 25.1 Å². The van der Waals surface area contributed by atoms with Crippen molar-refractivity contribution in [2.24, 2.45) is 0 Å². The third kappa shape index (κ3) is 1.79. The molecule has 0 amide bonds. The first-order chi connectivity index (χ1) is 7.30. The molecule has 16 heavy (non-hydrogen) atoms. The Kier molecular flexibility index (Phi) is 3.34. The lowest BCUT2D eigenvalue weighted by Crippen LogP contribution is -2.35. The molecule has 1 N–H and O–H groups in total. The van der Waals surface area contributed by atoms with Crippen LogP contribution in [0.15, 0.2) is 18.2 Å². The molecule has 2 aliphatic rings. The van der Waals surface area contributed by atoms with Gasteiger partial charge in [0.2, 0.25) is 0 Å². The van der Waals surface area contributed by atoms with Crippen molar-refractivity contribution < 1.29 is 4.74 Å². The van der Waals surface area contributed by atoms with Crippen LogP contribution < -0.4 is 5.32 Å².